The van der Waals surface area contributed by atoms with Crippen molar-refractivity contribution in [2.75, 3.05) is 49.1 Å². The lowest BCUT2D eigenvalue weighted by Crippen LogP contribution is -2.54. The molecule has 5 rings (SSSR count). The topological polar surface area (TPSA) is 90.6 Å². The van der Waals surface area contributed by atoms with E-state index in [2.05, 4.69) is 24.9 Å². The summed E-state index contributed by atoms with van der Waals surface area (Å²) in [5, 5.41) is 14.1. The van der Waals surface area contributed by atoms with Crippen LogP contribution in [0.4, 0.5) is 24.8 Å². The number of carbonyl (C=O) groups is 1. The third-order valence-corrected chi connectivity index (χ3v) is 7.71. The van der Waals surface area contributed by atoms with E-state index < -0.39 is 11.7 Å². The number of nitrogens with zero attached hydrogens (tertiary/aromatic N) is 7. The molecule has 0 bridgehead atoms. The highest BCUT2D eigenvalue weighted by Gasteiger charge is 2.33. The van der Waals surface area contributed by atoms with E-state index in [0.717, 1.165) is 23.5 Å². The number of halogens is 3. The van der Waals surface area contributed by atoms with E-state index in [1.54, 1.807) is 12.4 Å². The molecule has 1 unspecified atom stereocenters. The van der Waals surface area contributed by atoms with Gasteiger partial charge >= 0.3 is 6.18 Å². The van der Waals surface area contributed by atoms with Gasteiger partial charge in [-0.2, -0.15) is 18.3 Å². The number of benzene rings is 1. The predicted molar refractivity (Wildman–Crippen MR) is 145 cm³/mol. The zero-order valence-electron chi connectivity index (χ0n) is 22.9. The maximum atomic E-state index is 13.7. The summed E-state index contributed by atoms with van der Waals surface area (Å²) in [4.78, 5) is 27.9. The van der Waals surface area contributed by atoms with Crippen LogP contribution in [-0.2, 0) is 6.18 Å². The van der Waals surface area contributed by atoms with E-state index in [9.17, 15) is 23.1 Å². The summed E-state index contributed by atoms with van der Waals surface area (Å²) < 4.78 is 42.5. The summed E-state index contributed by atoms with van der Waals surface area (Å²) in [6.45, 7) is 8.81. The molecule has 0 aliphatic carbocycles. The lowest BCUT2D eigenvalue weighted by molar-refractivity contribution is -0.137. The molecule has 3 aromatic rings. The van der Waals surface area contributed by atoms with Crippen LogP contribution in [0.3, 0.4) is 0 Å². The molecule has 0 radical (unpaired) electrons. The maximum Gasteiger partial charge on any atom is 0.416 e. The molecule has 9 nitrogen and oxygen atoms in total. The molecule has 4 heterocycles. The van der Waals surface area contributed by atoms with E-state index in [0.29, 0.717) is 68.3 Å². The number of aromatic nitrogens is 4. The summed E-state index contributed by atoms with van der Waals surface area (Å²) in [6.07, 6.45) is -0.432. The van der Waals surface area contributed by atoms with Crippen LogP contribution in [0.25, 0.3) is 11.1 Å². The monoisotopic (exact) mass is 557 g/mol. The molecule has 1 aromatic carbocycles. The fraction of sp³-hybridized carbons (Fsp3) is 0.500. The quantitative estimate of drug-likeness (QED) is 0.507. The molecule has 1 N–H and O–H groups in total. The van der Waals surface area contributed by atoms with Crippen molar-refractivity contribution in [3.63, 3.8) is 0 Å². The zero-order chi connectivity index (χ0) is 28.6. The van der Waals surface area contributed by atoms with Crippen molar-refractivity contribution in [1.82, 2.24) is 24.6 Å². The first kappa shape index (κ1) is 28.0. The van der Waals surface area contributed by atoms with Gasteiger partial charge in [0, 0.05) is 73.7 Å². The lowest BCUT2D eigenvalue weighted by atomic mass is 10.0. The van der Waals surface area contributed by atoms with Crippen molar-refractivity contribution >= 4 is 17.5 Å². The van der Waals surface area contributed by atoms with Gasteiger partial charge in [-0.1, -0.05) is 0 Å². The minimum Gasteiger partial charge on any atom is -0.393 e. The molecule has 1 atom stereocenters. The predicted octanol–water partition coefficient (Wildman–Crippen LogP) is 3.79. The molecule has 0 amide bonds. The van der Waals surface area contributed by atoms with Crippen LogP contribution in [-0.4, -0.2) is 87.1 Å². The Morgan fingerprint density at radius 1 is 1.02 bits per heavy atom. The van der Waals surface area contributed by atoms with E-state index in [-0.39, 0.29) is 24.6 Å². The standard InChI is InChI=1S/C28H34F3N7O2/c1-18-12-19(2)38(34-18)26(40)17-36-10-11-37(16-20(36)3)25-5-4-22(28(29,30)31)13-24(25)21-14-32-27(33-15-21)35-8-6-23(39)7-9-35/h4-5,12-15,20,23,39H,6-11,16-17H2,1-3H3. The highest BCUT2D eigenvalue weighted by Crippen LogP contribution is 2.38. The Morgan fingerprint density at radius 2 is 1.73 bits per heavy atom. The van der Waals surface area contributed by atoms with Gasteiger partial charge in [-0.15, -0.1) is 0 Å². The molecular weight excluding hydrogens is 523 g/mol. The average Bonchev–Trinajstić information content (AvgIpc) is 3.27. The van der Waals surface area contributed by atoms with E-state index >= 15 is 0 Å². The number of aliphatic hydroxyl groups excluding tert-OH is 1. The fourth-order valence-corrected chi connectivity index (χ4v) is 5.48. The summed E-state index contributed by atoms with van der Waals surface area (Å²) in [5.41, 5.74) is 2.41. The fourth-order valence-electron chi connectivity index (χ4n) is 5.48. The third kappa shape index (κ3) is 5.97. The molecule has 12 heteroatoms. The second-order valence-corrected chi connectivity index (χ2v) is 10.7. The first-order valence-electron chi connectivity index (χ1n) is 13.5. The number of hydrogen-bond acceptors (Lipinski definition) is 8. The number of piperidine rings is 1. The van der Waals surface area contributed by atoms with E-state index in [1.807, 2.05) is 31.7 Å². The van der Waals surface area contributed by atoms with Crippen molar-refractivity contribution in [1.29, 1.82) is 0 Å². The number of carbonyl (C=O) groups excluding carboxylic acids is 1. The SMILES string of the molecule is Cc1cc(C)n(C(=O)CN2CCN(c3ccc(C(F)(F)F)cc3-c3cnc(N4CCC(O)CC4)nc3)CC2C)n1. The van der Waals surface area contributed by atoms with Crippen molar-refractivity contribution in [3.05, 3.63) is 53.6 Å². The number of rotatable bonds is 5. The smallest absolute Gasteiger partial charge is 0.393 e. The van der Waals surface area contributed by atoms with Crippen molar-refractivity contribution < 1.29 is 23.1 Å². The maximum absolute atomic E-state index is 13.7. The molecule has 2 aromatic heterocycles. The van der Waals surface area contributed by atoms with Crippen molar-refractivity contribution in [2.24, 2.45) is 0 Å². The molecule has 2 fully saturated rings. The van der Waals surface area contributed by atoms with Gasteiger partial charge in [-0.05, 0) is 57.9 Å². The molecule has 2 saturated heterocycles. The van der Waals surface area contributed by atoms with Gasteiger partial charge in [0.2, 0.25) is 5.95 Å². The zero-order valence-corrected chi connectivity index (χ0v) is 22.9. The molecule has 2 aliphatic heterocycles. The summed E-state index contributed by atoms with van der Waals surface area (Å²) in [7, 11) is 0. The number of anilines is 2. The van der Waals surface area contributed by atoms with Gasteiger partial charge < -0.3 is 14.9 Å². The molecule has 0 saturated carbocycles. The molecule has 40 heavy (non-hydrogen) atoms. The van der Waals surface area contributed by atoms with Crippen molar-refractivity contribution in [3.8, 4) is 11.1 Å². The Kier molecular flexibility index (Phi) is 7.83. The Balaban J connectivity index is 1.36. The van der Waals surface area contributed by atoms with Crippen LogP contribution >= 0.6 is 0 Å². The normalized spacial score (nSPS) is 19.3. The molecule has 2 aliphatic rings. The Hall–Kier alpha value is -3.51. The second-order valence-electron chi connectivity index (χ2n) is 10.7. The van der Waals surface area contributed by atoms with Gasteiger partial charge in [0.15, 0.2) is 0 Å². The van der Waals surface area contributed by atoms with Crippen LogP contribution in [0.2, 0.25) is 0 Å². The number of aryl methyl sites for hydroxylation is 2. The summed E-state index contributed by atoms with van der Waals surface area (Å²) in [6, 6.07) is 5.63. The number of piperazine rings is 1. The van der Waals surface area contributed by atoms with Gasteiger partial charge in [0.25, 0.3) is 5.91 Å². The molecule has 214 valence electrons. The first-order valence-corrected chi connectivity index (χ1v) is 13.5. The third-order valence-electron chi connectivity index (χ3n) is 7.71. The van der Waals surface area contributed by atoms with Gasteiger partial charge in [-0.25, -0.2) is 14.6 Å². The number of hydrogen-bond donors (Lipinski definition) is 1. The summed E-state index contributed by atoms with van der Waals surface area (Å²) >= 11 is 0. The first-order chi connectivity index (χ1) is 19.0. The van der Waals surface area contributed by atoms with Crippen LogP contribution in [0.5, 0.6) is 0 Å². The van der Waals surface area contributed by atoms with Gasteiger partial charge in [0.1, 0.15) is 0 Å². The minimum atomic E-state index is -4.49. The van der Waals surface area contributed by atoms with Gasteiger partial charge in [0.05, 0.1) is 23.9 Å². The number of alkyl halides is 3. The van der Waals surface area contributed by atoms with Crippen LogP contribution in [0, 0.1) is 13.8 Å². The molecular formula is C28H34F3N7O2. The minimum absolute atomic E-state index is 0.0158. The van der Waals surface area contributed by atoms with Crippen LogP contribution < -0.4 is 9.80 Å². The lowest BCUT2D eigenvalue weighted by Gasteiger charge is -2.41. The van der Waals surface area contributed by atoms with Crippen LogP contribution in [0.15, 0.2) is 36.7 Å². The highest BCUT2D eigenvalue weighted by atomic mass is 19.4. The average molecular weight is 558 g/mol. The number of aliphatic hydroxyl groups is 1. The van der Waals surface area contributed by atoms with E-state index in [4.69, 9.17) is 0 Å². The largest absolute Gasteiger partial charge is 0.416 e. The summed E-state index contributed by atoms with van der Waals surface area (Å²) in [5.74, 6) is 0.389. The Bertz CT molecular complexity index is 1350. The second kappa shape index (κ2) is 11.2. The Morgan fingerprint density at radius 3 is 2.33 bits per heavy atom. The highest BCUT2D eigenvalue weighted by molar-refractivity contribution is 5.81. The van der Waals surface area contributed by atoms with Crippen LogP contribution in [0.1, 0.15) is 41.5 Å². The van der Waals surface area contributed by atoms with E-state index in [1.165, 1.54) is 10.7 Å². The van der Waals surface area contributed by atoms with Gasteiger partial charge in [-0.3, -0.25) is 9.69 Å². The molecule has 0 spiro atoms. The van der Waals surface area contributed by atoms with Crippen molar-refractivity contribution in [2.45, 2.75) is 51.9 Å². The Labute approximate surface area is 231 Å².